The van der Waals surface area contributed by atoms with Crippen LogP contribution in [0.4, 0.5) is 5.82 Å². The molecule has 10 nitrogen and oxygen atoms in total. The van der Waals surface area contributed by atoms with Crippen LogP contribution in [0, 0.1) is 0 Å². The lowest BCUT2D eigenvalue weighted by atomic mass is 9.93. The SMILES string of the molecule is Nc1cncc(-c2nccc3c4c([nH]c23)[C@@H]2CN(C(=O)c3ccccc3)CCN2C(=O)C4=O)n1. The molecule has 4 aromatic rings. The highest BCUT2D eigenvalue weighted by atomic mass is 16.2. The Morgan fingerprint density at radius 3 is 2.71 bits per heavy atom. The largest absolute Gasteiger partial charge is 0.382 e. The van der Waals surface area contributed by atoms with Gasteiger partial charge in [-0.1, -0.05) is 18.2 Å². The number of fused-ring (bicyclic) bond motifs is 5. The summed E-state index contributed by atoms with van der Waals surface area (Å²) in [7, 11) is 0. The number of amides is 2. The minimum Gasteiger partial charge on any atom is -0.382 e. The molecule has 0 aliphatic carbocycles. The maximum atomic E-state index is 13.1. The normalized spacial score (nSPS) is 17.6. The van der Waals surface area contributed by atoms with Crippen molar-refractivity contribution in [3.05, 3.63) is 71.8 Å². The third-order valence-electron chi connectivity index (χ3n) is 6.35. The number of H-pyrrole nitrogens is 1. The van der Waals surface area contributed by atoms with Crippen LogP contribution in [0.15, 0.2) is 55.0 Å². The van der Waals surface area contributed by atoms with Crippen molar-refractivity contribution in [1.82, 2.24) is 29.7 Å². The van der Waals surface area contributed by atoms with Gasteiger partial charge in [0.2, 0.25) is 0 Å². The first-order valence-electron chi connectivity index (χ1n) is 10.8. The lowest BCUT2D eigenvalue weighted by Crippen LogP contribution is -2.56. The van der Waals surface area contributed by atoms with Crippen molar-refractivity contribution in [3.63, 3.8) is 0 Å². The molecule has 1 atom stereocenters. The molecule has 0 unspecified atom stereocenters. The Bertz CT molecular complexity index is 1480. The monoisotopic (exact) mass is 453 g/mol. The Morgan fingerprint density at radius 1 is 1.09 bits per heavy atom. The van der Waals surface area contributed by atoms with Gasteiger partial charge in [0.25, 0.3) is 17.6 Å². The summed E-state index contributed by atoms with van der Waals surface area (Å²) in [6.45, 7) is 0.895. The van der Waals surface area contributed by atoms with Crippen LogP contribution in [0.25, 0.3) is 22.3 Å². The molecule has 0 bridgehead atoms. The number of aromatic nitrogens is 4. The minimum absolute atomic E-state index is 0.111. The van der Waals surface area contributed by atoms with Gasteiger partial charge in [-0.15, -0.1) is 0 Å². The highest BCUT2D eigenvalue weighted by molar-refractivity contribution is 6.46. The van der Waals surface area contributed by atoms with Crippen LogP contribution < -0.4 is 5.73 Å². The summed E-state index contributed by atoms with van der Waals surface area (Å²) in [6, 6.07) is 10.2. The standard InChI is InChI=1S/C24H19N7O3/c25-17-11-26-10-15(28-17)20-19-14(6-7-27-20)18-21(29-19)16-12-30(8-9-31(16)24(34)22(18)32)23(33)13-4-2-1-3-5-13/h1-7,10-11,16,29H,8-9,12H2,(H2,25,28)/t16-/m0/s1. The fourth-order valence-corrected chi connectivity index (χ4v) is 4.78. The third kappa shape index (κ3) is 2.95. The number of piperazine rings is 1. The molecule has 5 heterocycles. The van der Waals surface area contributed by atoms with Gasteiger partial charge in [-0.2, -0.15) is 0 Å². The van der Waals surface area contributed by atoms with E-state index in [0.717, 1.165) is 0 Å². The summed E-state index contributed by atoms with van der Waals surface area (Å²) in [6.07, 6.45) is 4.54. The molecule has 2 aliphatic heterocycles. The van der Waals surface area contributed by atoms with E-state index in [2.05, 4.69) is 19.9 Å². The molecule has 0 radical (unpaired) electrons. The molecule has 34 heavy (non-hydrogen) atoms. The van der Waals surface area contributed by atoms with Crippen molar-refractivity contribution in [2.24, 2.45) is 0 Å². The molecular formula is C24H19N7O3. The van der Waals surface area contributed by atoms with E-state index in [1.165, 1.54) is 12.4 Å². The van der Waals surface area contributed by atoms with Crippen molar-refractivity contribution < 1.29 is 14.4 Å². The maximum Gasteiger partial charge on any atom is 0.295 e. The van der Waals surface area contributed by atoms with Crippen LogP contribution in [-0.2, 0) is 4.79 Å². The van der Waals surface area contributed by atoms with Crippen LogP contribution in [0.2, 0.25) is 0 Å². The number of carbonyl (C=O) groups excluding carboxylic acids is 3. The van der Waals surface area contributed by atoms with E-state index in [1.807, 2.05) is 18.2 Å². The number of carbonyl (C=O) groups is 3. The zero-order valence-electron chi connectivity index (χ0n) is 17.9. The number of rotatable bonds is 2. The number of Topliss-reactive ketones (excluding diaryl/α,β-unsaturated/α-hetero) is 1. The van der Waals surface area contributed by atoms with Crippen molar-refractivity contribution in [1.29, 1.82) is 0 Å². The minimum atomic E-state index is -0.573. The highest BCUT2D eigenvalue weighted by Crippen LogP contribution is 2.39. The lowest BCUT2D eigenvalue weighted by molar-refractivity contribution is -0.131. The van der Waals surface area contributed by atoms with Gasteiger partial charge in [-0.05, 0) is 18.2 Å². The fourth-order valence-electron chi connectivity index (χ4n) is 4.78. The first-order valence-corrected chi connectivity index (χ1v) is 10.8. The first-order chi connectivity index (χ1) is 16.5. The van der Waals surface area contributed by atoms with Gasteiger partial charge in [0.15, 0.2) is 0 Å². The molecule has 2 amide bonds. The predicted octanol–water partition coefficient (Wildman–Crippen LogP) is 1.82. The second-order valence-electron chi connectivity index (χ2n) is 8.29. The van der Waals surface area contributed by atoms with Gasteiger partial charge in [0, 0.05) is 36.8 Å². The van der Waals surface area contributed by atoms with Gasteiger partial charge < -0.3 is 20.5 Å². The van der Waals surface area contributed by atoms with Crippen molar-refractivity contribution in [2.75, 3.05) is 25.4 Å². The maximum absolute atomic E-state index is 13.1. The summed E-state index contributed by atoms with van der Waals surface area (Å²) in [5.41, 5.74) is 8.79. The van der Waals surface area contributed by atoms with E-state index in [-0.39, 0.29) is 24.8 Å². The first kappa shape index (κ1) is 20.0. The lowest BCUT2D eigenvalue weighted by Gasteiger charge is -2.43. The van der Waals surface area contributed by atoms with Crippen molar-refractivity contribution >= 4 is 34.3 Å². The number of anilines is 1. The van der Waals surface area contributed by atoms with Gasteiger partial charge in [0.1, 0.15) is 17.2 Å². The second-order valence-corrected chi connectivity index (χ2v) is 8.29. The molecule has 3 N–H and O–H groups in total. The number of benzene rings is 1. The summed E-state index contributed by atoms with van der Waals surface area (Å²) >= 11 is 0. The topological polar surface area (TPSA) is 138 Å². The summed E-state index contributed by atoms with van der Waals surface area (Å²) in [4.78, 5) is 58.6. The van der Waals surface area contributed by atoms with Gasteiger partial charge in [-0.25, -0.2) is 4.98 Å². The quantitative estimate of drug-likeness (QED) is 0.442. The van der Waals surface area contributed by atoms with Crippen LogP contribution >= 0.6 is 0 Å². The highest BCUT2D eigenvalue weighted by Gasteiger charge is 2.44. The van der Waals surface area contributed by atoms with E-state index in [9.17, 15) is 14.4 Å². The molecule has 10 heteroatoms. The van der Waals surface area contributed by atoms with Crippen molar-refractivity contribution in [2.45, 2.75) is 6.04 Å². The Hall–Kier alpha value is -4.60. The number of nitrogens with one attached hydrogen (secondary N) is 1. The predicted molar refractivity (Wildman–Crippen MR) is 123 cm³/mol. The Labute approximate surface area is 193 Å². The van der Waals surface area contributed by atoms with E-state index >= 15 is 0 Å². The summed E-state index contributed by atoms with van der Waals surface area (Å²) in [5, 5.41) is 0.578. The zero-order valence-corrected chi connectivity index (χ0v) is 17.9. The van der Waals surface area contributed by atoms with Gasteiger partial charge >= 0.3 is 0 Å². The fraction of sp³-hybridized carbons (Fsp3) is 0.167. The number of nitrogens with two attached hydrogens (primary N) is 1. The number of ketones is 1. The molecule has 1 fully saturated rings. The number of nitrogen functional groups attached to an aromatic ring is 1. The summed E-state index contributed by atoms with van der Waals surface area (Å²) < 4.78 is 0. The number of nitrogens with zero attached hydrogens (tertiary/aromatic N) is 5. The zero-order chi connectivity index (χ0) is 23.4. The number of hydrogen-bond donors (Lipinski definition) is 2. The van der Waals surface area contributed by atoms with Crippen LogP contribution in [-0.4, -0.2) is 67.0 Å². The molecule has 0 saturated carbocycles. The number of hydrogen-bond acceptors (Lipinski definition) is 7. The summed E-state index contributed by atoms with van der Waals surface area (Å²) in [5.74, 6) is -1.00. The molecule has 3 aromatic heterocycles. The van der Waals surface area contributed by atoms with E-state index < -0.39 is 17.7 Å². The number of aromatic amines is 1. The molecule has 168 valence electrons. The average molecular weight is 453 g/mol. The smallest absolute Gasteiger partial charge is 0.295 e. The van der Waals surface area contributed by atoms with Gasteiger partial charge in [0.05, 0.1) is 35.2 Å². The van der Waals surface area contributed by atoms with Gasteiger partial charge in [-0.3, -0.25) is 24.4 Å². The molecule has 1 aromatic carbocycles. The number of pyridine rings is 1. The Kier molecular flexibility index (Phi) is 4.41. The van der Waals surface area contributed by atoms with E-state index in [4.69, 9.17) is 5.73 Å². The van der Waals surface area contributed by atoms with E-state index in [1.54, 1.807) is 34.2 Å². The van der Waals surface area contributed by atoms with Crippen LogP contribution in [0.3, 0.4) is 0 Å². The molecular weight excluding hydrogens is 434 g/mol. The van der Waals surface area contributed by atoms with Crippen LogP contribution in [0.1, 0.15) is 32.5 Å². The molecule has 2 aliphatic rings. The Balaban J connectivity index is 1.46. The molecule has 1 saturated heterocycles. The Morgan fingerprint density at radius 2 is 1.91 bits per heavy atom. The van der Waals surface area contributed by atoms with Crippen molar-refractivity contribution in [3.8, 4) is 11.4 Å². The van der Waals surface area contributed by atoms with E-state index in [0.29, 0.717) is 45.7 Å². The average Bonchev–Trinajstić information content (AvgIpc) is 3.27. The third-order valence-corrected chi connectivity index (χ3v) is 6.35. The molecule has 6 rings (SSSR count). The van der Waals surface area contributed by atoms with Crippen LogP contribution in [0.5, 0.6) is 0 Å². The molecule has 0 spiro atoms. The second kappa shape index (κ2) is 7.48.